The zero-order valence-electron chi connectivity index (χ0n) is 6.91. The Balaban J connectivity index is 2.89. The lowest BCUT2D eigenvalue weighted by molar-refractivity contribution is -0.343. The standard InChI is InChI=1S/C10H7N3/c11-5-7-2-1-3-10-9(7)4-8(12)6-13-10/h1-4,6H,12H2/p+1. The Morgan fingerprint density at radius 1 is 1.38 bits per heavy atom. The van der Waals surface area contributed by atoms with Crippen molar-refractivity contribution in [1.29, 1.82) is 5.26 Å². The number of nitrogens with one attached hydrogen (secondary N) is 1. The maximum atomic E-state index is 8.82. The lowest BCUT2D eigenvalue weighted by Gasteiger charge is -1.94. The predicted octanol–water partition coefficient (Wildman–Crippen LogP) is 1.11. The summed E-state index contributed by atoms with van der Waals surface area (Å²) in [5.41, 5.74) is 7.81. The third-order valence-electron chi connectivity index (χ3n) is 1.93. The second-order valence-corrected chi connectivity index (χ2v) is 2.81. The zero-order chi connectivity index (χ0) is 9.26. The number of aromatic amines is 1. The molecule has 0 unspecified atom stereocenters. The van der Waals surface area contributed by atoms with Crippen LogP contribution in [-0.4, -0.2) is 0 Å². The molecule has 1 aromatic heterocycles. The van der Waals surface area contributed by atoms with Crippen LogP contribution in [0.5, 0.6) is 0 Å². The molecule has 2 rings (SSSR count). The van der Waals surface area contributed by atoms with E-state index in [9.17, 15) is 0 Å². The summed E-state index contributed by atoms with van der Waals surface area (Å²) in [6.45, 7) is 0. The Hall–Kier alpha value is -2.08. The van der Waals surface area contributed by atoms with Crippen LogP contribution in [0.4, 0.5) is 5.69 Å². The van der Waals surface area contributed by atoms with Gasteiger partial charge in [0.25, 0.3) is 0 Å². The number of hydrogen-bond acceptors (Lipinski definition) is 2. The van der Waals surface area contributed by atoms with Crippen LogP contribution in [0.3, 0.4) is 0 Å². The van der Waals surface area contributed by atoms with Crippen molar-refractivity contribution in [3.8, 4) is 6.07 Å². The molecule has 0 saturated heterocycles. The van der Waals surface area contributed by atoms with Crippen LogP contribution in [0, 0.1) is 11.3 Å². The number of hydrogen-bond donors (Lipinski definition) is 1. The van der Waals surface area contributed by atoms with Gasteiger partial charge in [-0.2, -0.15) is 5.26 Å². The van der Waals surface area contributed by atoms with Gasteiger partial charge in [-0.25, -0.2) is 4.98 Å². The zero-order valence-corrected chi connectivity index (χ0v) is 6.91. The van der Waals surface area contributed by atoms with Crippen LogP contribution in [0.25, 0.3) is 10.9 Å². The minimum absolute atomic E-state index is 0.634. The maximum Gasteiger partial charge on any atom is 0.212 e. The fourth-order valence-electron chi connectivity index (χ4n) is 1.31. The molecule has 13 heavy (non-hydrogen) atoms. The van der Waals surface area contributed by atoms with Gasteiger partial charge in [-0.15, -0.1) is 0 Å². The first-order valence-corrected chi connectivity index (χ1v) is 3.91. The number of aromatic nitrogens is 1. The van der Waals surface area contributed by atoms with Crippen molar-refractivity contribution in [2.75, 3.05) is 5.73 Å². The second kappa shape index (κ2) is 2.76. The number of nitrogens with zero attached hydrogens (tertiary/aromatic N) is 1. The van der Waals surface area contributed by atoms with Gasteiger partial charge in [0, 0.05) is 6.07 Å². The molecular weight excluding hydrogens is 162 g/mol. The van der Waals surface area contributed by atoms with E-state index in [2.05, 4.69) is 11.1 Å². The highest BCUT2D eigenvalue weighted by Gasteiger charge is 2.04. The molecule has 0 saturated carbocycles. The largest absolute Gasteiger partial charge is 0.394 e. The van der Waals surface area contributed by atoms with Gasteiger partial charge in [-0.3, -0.25) is 0 Å². The molecule has 62 valence electrons. The van der Waals surface area contributed by atoms with Crippen LogP contribution in [0.2, 0.25) is 0 Å². The number of anilines is 1. The summed E-state index contributed by atoms with van der Waals surface area (Å²) in [4.78, 5) is 3.02. The van der Waals surface area contributed by atoms with Gasteiger partial charge in [0.15, 0.2) is 6.20 Å². The van der Waals surface area contributed by atoms with Crippen molar-refractivity contribution < 1.29 is 4.98 Å². The summed E-state index contributed by atoms with van der Waals surface area (Å²) in [5.74, 6) is 0. The monoisotopic (exact) mass is 170 g/mol. The third-order valence-corrected chi connectivity index (χ3v) is 1.93. The van der Waals surface area contributed by atoms with Crippen LogP contribution in [0.15, 0.2) is 30.5 Å². The van der Waals surface area contributed by atoms with E-state index < -0.39 is 0 Å². The van der Waals surface area contributed by atoms with Crippen molar-refractivity contribution in [2.24, 2.45) is 0 Å². The summed E-state index contributed by atoms with van der Waals surface area (Å²) >= 11 is 0. The first-order valence-electron chi connectivity index (χ1n) is 3.91. The van der Waals surface area contributed by atoms with E-state index in [1.54, 1.807) is 18.3 Å². The molecule has 3 N–H and O–H groups in total. The van der Waals surface area contributed by atoms with Gasteiger partial charge < -0.3 is 5.73 Å². The molecule has 0 aliphatic rings. The van der Waals surface area contributed by atoms with Gasteiger partial charge in [-0.05, 0) is 12.1 Å². The van der Waals surface area contributed by atoms with Gasteiger partial charge in [-0.1, -0.05) is 6.07 Å². The molecule has 3 heteroatoms. The molecular formula is C10H8N3+. The molecule has 0 fully saturated rings. The van der Waals surface area contributed by atoms with Gasteiger partial charge in [0.05, 0.1) is 16.6 Å². The summed E-state index contributed by atoms with van der Waals surface area (Å²) < 4.78 is 0. The quantitative estimate of drug-likeness (QED) is 0.643. The minimum atomic E-state index is 0.634. The Bertz CT molecular complexity index is 497. The fraction of sp³-hybridized carbons (Fsp3) is 0. The minimum Gasteiger partial charge on any atom is -0.394 e. The third kappa shape index (κ3) is 1.18. The lowest BCUT2D eigenvalue weighted by Crippen LogP contribution is -2.05. The molecule has 0 aliphatic heterocycles. The van der Waals surface area contributed by atoms with Gasteiger partial charge in [0.1, 0.15) is 6.07 Å². The first kappa shape index (κ1) is 7.56. The number of fused-ring (bicyclic) bond motifs is 1. The number of nitrogens with two attached hydrogens (primary N) is 1. The summed E-state index contributed by atoms with van der Waals surface area (Å²) in [7, 11) is 0. The lowest BCUT2D eigenvalue weighted by atomic mass is 10.1. The van der Waals surface area contributed by atoms with Crippen molar-refractivity contribution in [3.05, 3.63) is 36.0 Å². The fourth-order valence-corrected chi connectivity index (χ4v) is 1.31. The van der Waals surface area contributed by atoms with Crippen molar-refractivity contribution in [1.82, 2.24) is 0 Å². The smallest absolute Gasteiger partial charge is 0.212 e. The van der Waals surface area contributed by atoms with Crippen molar-refractivity contribution in [2.45, 2.75) is 0 Å². The maximum absolute atomic E-state index is 8.82. The molecule has 1 aromatic carbocycles. The van der Waals surface area contributed by atoms with Gasteiger partial charge in [0.2, 0.25) is 5.52 Å². The molecule has 0 spiro atoms. The van der Waals surface area contributed by atoms with Gasteiger partial charge >= 0.3 is 0 Å². The SMILES string of the molecule is N#Cc1cccc2[nH+]cc(N)cc12. The number of benzene rings is 1. The number of pyridine rings is 1. The molecule has 1 heterocycles. The van der Waals surface area contributed by atoms with E-state index in [0.717, 1.165) is 10.9 Å². The normalized spacial score (nSPS) is 9.77. The number of nitrogen functional groups attached to an aromatic ring is 1. The Labute approximate surface area is 75.4 Å². The topological polar surface area (TPSA) is 64.0 Å². The Morgan fingerprint density at radius 2 is 2.23 bits per heavy atom. The molecule has 2 aromatic rings. The van der Waals surface area contributed by atoms with E-state index in [1.807, 2.05) is 12.1 Å². The molecule has 0 atom stereocenters. The first-order chi connectivity index (χ1) is 6.31. The highest BCUT2D eigenvalue weighted by atomic mass is 14.7. The van der Waals surface area contributed by atoms with Crippen molar-refractivity contribution >= 4 is 16.6 Å². The number of nitriles is 1. The van der Waals surface area contributed by atoms with E-state index >= 15 is 0 Å². The van der Waals surface area contributed by atoms with E-state index in [0.29, 0.717) is 11.3 Å². The molecule has 0 radical (unpaired) electrons. The summed E-state index contributed by atoms with van der Waals surface area (Å²) in [5, 5.41) is 9.69. The Morgan fingerprint density at radius 3 is 3.00 bits per heavy atom. The van der Waals surface area contributed by atoms with Crippen LogP contribution >= 0.6 is 0 Å². The number of rotatable bonds is 0. The molecule has 0 aliphatic carbocycles. The number of H-pyrrole nitrogens is 1. The summed E-state index contributed by atoms with van der Waals surface area (Å²) in [6.07, 6.45) is 1.71. The molecule has 0 bridgehead atoms. The van der Waals surface area contributed by atoms with E-state index in [4.69, 9.17) is 11.0 Å². The predicted molar refractivity (Wildman–Crippen MR) is 49.6 cm³/mol. The summed E-state index contributed by atoms with van der Waals surface area (Å²) in [6, 6.07) is 9.44. The second-order valence-electron chi connectivity index (χ2n) is 2.81. The van der Waals surface area contributed by atoms with E-state index in [-0.39, 0.29) is 0 Å². The molecule has 3 nitrogen and oxygen atoms in total. The van der Waals surface area contributed by atoms with Crippen molar-refractivity contribution in [3.63, 3.8) is 0 Å². The van der Waals surface area contributed by atoms with Crippen LogP contribution < -0.4 is 10.7 Å². The average molecular weight is 170 g/mol. The average Bonchev–Trinajstić information content (AvgIpc) is 2.17. The van der Waals surface area contributed by atoms with Crippen LogP contribution in [0.1, 0.15) is 5.56 Å². The van der Waals surface area contributed by atoms with E-state index in [1.165, 1.54) is 0 Å². The Kier molecular flexibility index (Phi) is 1.60. The highest BCUT2D eigenvalue weighted by molar-refractivity contribution is 5.84. The molecule has 0 amide bonds. The highest BCUT2D eigenvalue weighted by Crippen LogP contribution is 2.15. The van der Waals surface area contributed by atoms with Crippen LogP contribution in [-0.2, 0) is 0 Å².